The Morgan fingerprint density at radius 1 is 1.19 bits per heavy atom. The minimum atomic E-state index is -3.01. The Labute approximate surface area is 125 Å². The van der Waals surface area contributed by atoms with Gasteiger partial charge in [-0.3, -0.25) is 4.79 Å². The monoisotopic (exact) mass is 310 g/mol. The van der Waals surface area contributed by atoms with Crippen molar-refractivity contribution >= 4 is 21.5 Å². The number of fused-ring (bicyclic) bond motifs is 5. The molecule has 0 unspecified atom stereocenters. The van der Waals surface area contributed by atoms with Crippen molar-refractivity contribution < 1.29 is 13.2 Å². The van der Waals surface area contributed by atoms with E-state index < -0.39 is 15.8 Å². The third-order valence-electron chi connectivity index (χ3n) is 6.12. The molecule has 0 aromatic carbocycles. The van der Waals surface area contributed by atoms with Gasteiger partial charge >= 0.3 is 0 Å². The van der Waals surface area contributed by atoms with Crippen LogP contribution in [0.2, 0.25) is 0 Å². The van der Waals surface area contributed by atoms with Crippen molar-refractivity contribution in [3.63, 3.8) is 0 Å². The lowest BCUT2D eigenvalue weighted by Gasteiger charge is -2.25. The first kappa shape index (κ1) is 13.7. The Morgan fingerprint density at radius 2 is 2.00 bits per heavy atom. The van der Waals surface area contributed by atoms with Crippen LogP contribution in [0.5, 0.6) is 0 Å². The van der Waals surface area contributed by atoms with Gasteiger partial charge < -0.3 is 0 Å². The summed E-state index contributed by atoms with van der Waals surface area (Å²) in [6, 6.07) is 0. The predicted octanol–water partition coefficient (Wildman–Crippen LogP) is 1.35. The maximum atomic E-state index is 12.0. The molecule has 0 aromatic rings. The van der Waals surface area contributed by atoms with Crippen LogP contribution in [0, 0.1) is 29.6 Å². The summed E-state index contributed by atoms with van der Waals surface area (Å²) in [4.78, 5) is 12.0. The van der Waals surface area contributed by atoms with Gasteiger partial charge in [0.15, 0.2) is 9.84 Å². The standard InChI is InChI=1S/C15H22N2O3S/c18-15(9-4-5-21(19,20)8-9)17-16-14-7-10-6-13(14)12-3-1-2-11(10)12/h9-13H,1-8H2,(H,17,18)/t9-,10-,11+,12-,13+/m1/s1. The fourth-order valence-electron chi connectivity index (χ4n) is 5.16. The molecule has 6 heteroatoms. The lowest BCUT2D eigenvalue weighted by atomic mass is 9.81. The van der Waals surface area contributed by atoms with Crippen molar-refractivity contribution in [3.05, 3.63) is 0 Å². The van der Waals surface area contributed by atoms with Crippen LogP contribution in [0.15, 0.2) is 5.10 Å². The van der Waals surface area contributed by atoms with Gasteiger partial charge in [-0.05, 0) is 49.9 Å². The third-order valence-corrected chi connectivity index (χ3v) is 7.88. The van der Waals surface area contributed by atoms with Crippen molar-refractivity contribution in [3.8, 4) is 0 Å². The molecule has 3 aliphatic carbocycles. The van der Waals surface area contributed by atoms with E-state index in [0.29, 0.717) is 12.3 Å². The zero-order valence-electron chi connectivity index (χ0n) is 12.1. The van der Waals surface area contributed by atoms with Crippen LogP contribution in [-0.4, -0.2) is 31.5 Å². The van der Waals surface area contributed by atoms with E-state index in [1.165, 1.54) is 25.7 Å². The normalized spacial score (nSPS) is 45.1. The third kappa shape index (κ3) is 2.31. The summed E-state index contributed by atoms with van der Waals surface area (Å²) in [7, 11) is -3.01. The fraction of sp³-hybridized carbons (Fsp3) is 0.867. The fourth-order valence-corrected chi connectivity index (χ4v) is 6.91. The average Bonchev–Trinajstić information content (AvgIpc) is 3.15. The summed E-state index contributed by atoms with van der Waals surface area (Å²) in [5.41, 5.74) is 3.82. The molecule has 116 valence electrons. The maximum Gasteiger partial charge on any atom is 0.244 e. The zero-order valence-corrected chi connectivity index (χ0v) is 12.9. The number of hydrogen-bond acceptors (Lipinski definition) is 4. The van der Waals surface area contributed by atoms with Gasteiger partial charge in [0.05, 0.1) is 17.4 Å². The number of rotatable bonds is 2. The molecule has 5 atom stereocenters. The highest BCUT2D eigenvalue weighted by Crippen LogP contribution is 2.57. The number of amides is 1. The van der Waals surface area contributed by atoms with Gasteiger partial charge in [0, 0.05) is 11.6 Å². The van der Waals surface area contributed by atoms with Crippen LogP contribution in [0.25, 0.3) is 0 Å². The van der Waals surface area contributed by atoms with Gasteiger partial charge in [0.25, 0.3) is 0 Å². The number of nitrogens with zero attached hydrogens (tertiary/aromatic N) is 1. The lowest BCUT2D eigenvalue weighted by molar-refractivity contribution is -0.124. The highest BCUT2D eigenvalue weighted by Gasteiger charge is 2.52. The molecule has 0 radical (unpaired) electrons. The van der Waals surface area contributed by atoms with Crippen molar-refractivity contribution in [2.24, 2.45) is 34.7 Å². The van der Waals surface area contributed by atoms with E-state index in [0.717, 1.165) is 29.9 Å². The first-order valence-electron chi connectivity index (χ1n) is 8.10. The van der Waals surface area contributed by atoms with Gasteiger partial charge in [-0.25, -0.2) is 13.8 Å². The number of hydrazone groups is 1. The van der Waals surface area contributed by atoms with Crippen LogP contribution >= 0.6 is 0 Å². The molecule has 1 aliphatic heterocycles. The maximum absolute atomic E-state index is 12.0. The number of sulfone groups is 1. The summed E-state index contributed by atoms with van der Waals surface area (Å²) in [6.45, 7) is 0. The number of nitrogens with one attached hydrogen (secondary N) is 1. The molecule has 1 heterocycles. The van der Waals surface area contributed by atoms with E-state index in [4.69, 9.17) is 0 Å². The van der Waals surface area contributed by atoms with Gasteiger partial charge in [0.2, 0.25) is 5.91 Å². The molecule has 1 N–H and O–H groups in total. The quantitative estimate of drug-likeness (QED) is 0.782. The topological polar surface area (TPSA) is 75.6 Å². The largest absolute Gasteiger partial charge is 0.273 e. The number of carbonyl (C=O) groups excluding carboxylic acids is 1. The van der Waals surface area contributed by atoms with Crippen LogP contribution in [0.3, 0.4) is 0 Å². The molecule has 4 rings (SSSR count). The molecular weight excluding hydrogens is 288 g/mol. The smallest absolute Gasteiger partial charge is 0.244 e. The minimum Gasteiger partial charge on any atom is -0.273 e. The predicted molar refractivity (Wildman–Crippen MR) is 79.4 cm³/mol. The molecule has 0 aromatic heterocycles. The van der Waals surface area contributed by atoms with Crippen LogP contribution in [0.4, 0.5) is 0 Å². The van der Waals surface area contributed by atoms with Crippen molar-refractivity contribution in [1.82, 2.24) is 5.43 Å². The van der Waals surface area contributed by atoms with Crippen LogP contribution in [-0.2, 0) is 14.6 Å². The molecule has 2 bridgehead atoms. The van der Waals surface area contributed by atoms with E-state index >= 15 is 0 Å². The molecule has 5 nitrogen and oxygen atoms in total. The Morgan fingerprint density at radius 3 is 2.76 bits per heavy atom. The first-order valence-corrected chi connectivity index (χ1v) is 9.92. The Hall–Kier alpha value is -0.910. The summed E-state index contributed by atoms with van der Waals surface area (Å²) in [5.74, 6) is 2.57. The Balaban J connectivity index is 1.40. The van der Waals surface area contributed by atoms with Gasteiger partial charge in [-0.2, -0.15) is 5.10 Å². The minimum absolute atomic E-state index is 0.0135. The summed E-state index contributed by atoms with van der Waals surface area (Å²) >= 11 is 0. The molecule has 4 fully saturated rings. The van der Waals surface area contributed by atoms with Crippen molar-refractivity contribution in [2.75, 3.05) is 11.5 Å². The average molecular weight is 310 g/mol. The second kappa shape index (κ2) is 4.80. The van der Waals surface area contributed by atoms with E-state index in [-0.39, 0.29) is 17.4 Å². The molecular formula is C15H22N2O3S. The lowest BCUT2D eigenvalue weighted by Crippen LogP contribution is -2.31. The van der Waals surface area contributed by atoms with Crippen LogP contribution < -0.4 is 5.43 Å². The zero-order chi connectivity index (χ0) is 14.6. The van der Waals surface area contributed by atoms with Crippen molar-refractivity contribution in [2.45, 2.75) is 38.5 Å². The van der Waals surface area contributed by atoms with E-state index in [9.17, 15) is 13.2 Å². The molecule has 3 saturated carbocycles. The van der Waals surface area contributed by atoms with Crippen LogP contribution in [0.1, 0.15) is 38.5 Å². The SMILES string of the molecule is O=C(NN=C1C[C@H]2C[C@H]1[C@@H]1CCC[C@@H]21)[C@@H]1CCS(=O)(=O)C1. The second-order valence-corrected chi connectivity index (χ2v) is 9.47. The Kier molecular flexibility index (Phi) is 3.14. The first-order chi connectivity index (χ1) is 10.0. The van der Waals surface area contributed by atoms with E-state index in [2.05, 4.69) is 10.5 Å². The summed E-state index contributed by atoms with van der Waals surface area (Å²) in [5, 5.41) is 4.38. The van der Waals surface area contributed by atoms with E-state index in [1.807, 2.05) is 0 Å². The molecule has 0 spiro atoms. The van der Waals surface area contributed by atoms with E-state index in [1.54, 1.807) is 0 Å². The van der Waals surface area contributed by atoms with Gasteiger partial charge in [0.1, 0.15) is 0 Å². The summed E-state index contributed by atoms with van der Waals surface area (Å²) < 4.78 is 22.8. The summed E-state index contributed by atoms with van der Waals surface area (Å²) in [6.07, 6.45) is 6.78. The molecule has 21 heavy (non-hydrogen) atoms. The van der Waals surface area contributed by atoms with Crippen molar-refractivity contribution in [1.29, 1.82) is 0 Å². The Bertz CT molecular complexity index is 598. The molecule has 1 amide bonds. The second-order valence-electron chi connectivity index (χ2n) is 7.24. The highest BCUT2D eigenvalue weighted by atomic mass is 32.2. The van der Waals surface area contributed by atoms with Gasteiger partial charge in [-0.15, -0.1) is 0 Å². The number of carbonyl (C=O) groups is 1. The molecule has 4 aliphatic rings. The molecule has 1 saturated heterocycles. The number of hydrogen-bond donors (Lipinski definition) is 1. The van der Waals surface area contributed by atoms with Gasteiger partial charge in [-0.1, -0.05) is 6.42 Å². The highest BCUT2D eigenvalue weighted by molar-refractivity contribution is 7.91.